The molecule has 0 aromatic heterocycles. The molecule has 5 nitrogen and oxygen atoms in total. The third-order valence-corrected chi connectivity index (χ3v) is 5.42. The maximum Gasteiger partial charge on any atom is 0.247 e. The number of nitrogens with zero attached hydrogens (tertiary/aromatic N) is 1. The summed E-state index contributed by atoms with van der Waals surface area (Å²) < 4.78 is 5.87. The number of hydrogen-bond donors (Lipinski definition) is 1. The van der Waals surface area contributed by atoms with E-state index in [0.29, 0.717) is 22.4 Å². The minimum atomic E-state index is -0.519. The van der Waals surface area contributed by atoms with Crippen LogP contribution in [0, 0.1) is 6.92 Å². The Balaban J connectivity index is 1.64. The number of carbonyl (C=O) groups is 2. The Labute approximate surface area is 168 Å². The van der Waals surface area contributed by atoms with Crippen LogP contribution in [-0.4, -0.2) is 28.0 Å². The third kappa shape index (κ3) is 4.67. The zero-order valence-corrected chi connectivity index (χ0v) is 16.7. The highest BCUT2D eigenvalue weighted by atomic mass is 32.2. The average Bonchev–Trinajstić information content (AvgIpc) is 2.91. The van der Waals surface area contributed by atoms with E-state index in [2.05, 4.69) is 5.32 Å². The summed E-state index contributed by atoms with van der Waals surface area (Å²) in [5.41, 5.74) is 2.56. The van der Waals surface area contributed by atoms with Gasteiger partial charge in [0.05, 0.1) is 12.3 Å². The summed E-state index contributed by atoms with van der Waals surface area (Å²) in [6.45, 7) is 4.47. The van der Waals surface area contributed by atoms with Crippen LogP contribution >= 0.6 is 24.0 Å². The Morgan fingerprint density at radius 3 is 2.48 bits per heavy atom. The van der Waals surface area contributed by atoms with E-state index in [1.54, 1.807) is 24.3 Å². The van der Waals surface area contributed by atoms with Crippen LogP contribution in [-0.2, 0) is 9.59 Å². The fourth-order valence-corrected chi connectivity index (χ4v) is 4.07. The summed E-state index contributed by atoms with van der Waals surface area (Å²) in [6.07, 6.45) is 0.131. The number of hydrogen-bond acceptors (Lipinski definition) is 5. The number of aryl methyl sites for hydroxylation is 1. The van der Waals surface area contributed by atoms with Gasteiger partial charge in [0.25, 0.3) is 0 Å². The quantitative estimate of drug-likeness (QED) is 0.601. The predicted molar refractivity (Wildman–Crippen MR) is 113 cm³/mol. The number of nitrogens with one attached hydrogen (secondary N) is 1. The van der Waals surface area contributed by atoms with Gasteiger partial charge in [0.1, 0.15) is 15.3 Å². The first-order valence-corrected chi connectivity index (χ1v) is 9.90. The van der Waals surface area contributed by atoms with Crippen molar-refractivity contribution in [1.82, 2.24) is 0 Å². The SMILES string of the molecule is CCOc1ccc(N2C(=O)CC(SC(=S)Nc3ccc(C)cc3)C2=O)cc1. The molecular formula is C20H20N2O3S2. The molecule has 1 saturated heterocycles. The zero-order valence-electron chi connectivity index (χ0n) is 15.1. The number of rotatable bonds is 5. The molecule has 1 N–H and O–H groups in total. The number of thioether (sulfide) groups is 1. The van der Waals surface area contributed by atoms with E-state index in [-0.39, 0.29) is 18.2 Å². The molecule has 27 heavy (non-hydrogen) atoms. The second-order valence-electron chi connectivity index (χ2n) is 6.08. The van der Waals surface area contributed by atoms with Crippen LogP contribution in [0.2, 0.25) is 0 Å². The Morgan fingerprint density at radius 2 is 1.85 bits per heavy atom. The van der Waals surface area contributed by atoms with Gasteiger partial charge in [0, 0.05) is 12.1 Å². The molecule has 1 aliphatic heterocycles. The molecule has 1 atom stereocenters. The Hall–Kier alpha value is -2.38. The average molecular weight is 401 g/mol. The molecule has 7 heteroatoms. The van der Waals surface area contributed by atoms with Crippen LogP contribution in [0.3, 0.4) is 0 Å². The van der Waals surface area contributed by atoms with Crippen molar-refractivity contribution < 1.29 is 14.3 Å². The first-order valence-electron chi connectivity index (χ1n) is 8.62. The van der Waals surface area contributed by atoms with Crippen molar-refractivity contribution in [2.45, 2.75) is 25.5 Å². The number of thiocarbonyl (C=S) groups is 1. The van der Waals surface area contributed by atoms with Gasteiger partial charge in [-0.2, -0.15) is 0 Å². The zero-order chi connectivity index (χ0) is 19.4. The van der Waals surface area contributed by atoms with Crippen molar-refractivity contribution in [3.05, 3.63) is 54.1 Å². The van der Waals surface area contributed by atoms with Gasteiger partial charge in [-0.15, -0.1) is 0 Å². The van der Waals surface area contributed by atoms with Crippen LogP contribution in [0.4, 0.5) is 11.4 Å². The summed E-state index contributed by atoms with van der Waals surface area (Å²) in [4.78, 5) is 26.3. The lowest BCUT2D eigenvalue weighted by molar-refractivity contribution is -0.121. The van der Waals surface area contributed by atoms with E-state index in [9.17, 15) is 9.59 Å². The summed E-state index contributed by atoms with van der Waals surface area (Å²) in [5, 5.41) is 2.58. The molecule has 0 bridgehead atoms. The molecule has 1 unspecified atom stereocenters. The van der Waals surface area contributed by atoms with Crippen molar-refractivity contribution in [2.75, 3.05) is 16.8 Å². The van der Waals surface area contributed by atoms with Crippen LogP contribution in [0.15, 0.2) is 48.5 Å². The standard InChI is InChI=1S/C20H20N2O3S2/c1-3-25-16-10-8-15(9-11-16)22-18(23)12-17(19(22)24)27-20(26)21-14-6-4-13(2)5-7-14/h4-11,17H,3,12H2,1-2H3,(H,21,26). The predicted octanol–water partition coefficient (Wildman–Crippen LogP) is 4.16. The largest absolute Gasteiger partial charge is 0.494 e. The number of imide groups is 1. The van der Waals surface area contributed by atoms with Crippen molar-refractivity contribution in [2.24, 2.45) is 0 Å². The molecule has 2 amide bonds. The Bertz CT molecular complexity index is 851. The van der Waals surface area contributed by atoms with E-state index in [0.717, 1.165) is 11.3 Å². The molecule has 2 aromatic rings. The highest BCUT2D eigenvalue weighted by Crippen LogP contribution is 2.31. The van der Waals surface area contributed by atoms with Crippen molar-refractivity contribution >= 4 is 51.5 Å². The highest BCUT2D eigenvalue weighted by Gasteiger charge is 2.40. The van der Waals surface area contributed by atoms with Gasteiger partial charge in [-0.05, 0) is 50.2 Å². The number of anilines is 2. The van der Waals surface area contributed by atoms with E-state index in [1.165, 1.54) is 16.7 Å². The maximum atomic E-state index is 12.7. The van der Waals surface area contributed by atoms with Gasteiger partial charge in [-0.25, -0.2) is 4.90 Å². The fraction of sp³-hybridized carbons (Fsp3) is 0.250. The van der Waals surface area contributed by atoms with Gasteiger partial charge in [-0.3, -0.25) is 9.59 Å². The second-order valence-corrected chi connectivity index (χ2v) is 7.96. The van der Waals surface area contributed by atoms with E-state index in [4.69, 9.17) is 17.0 Å². The molecule has 2 aromatic carbocycles. The van der Waals surface area contributed by atoms with Crippen LogP contribution in [0.25, 0.3) is 0 Å². The molecule has 0 spiro atoms. The topological polar surface area (TPSA) is 58.6 Å². The van der Waals surface area contributed by atoms with Gasteiger partial charge in [0.15, 0.2) is 0 Å². The minimum Gasteiger partial charge on any atom is -0.494 e. The van der Waals surface area contributed by atoms with Crippen LogP contribution in [0.5, 0.6) is 5.75 Å². The highest BCUT2D eigenvalue weighted by molar-refractivity contribution is 8.24. The van der Waals surface area contributed by atoms with Crippen molar-refractivity contribution in [3.63, 3.8) is 0 Å². The molecule has 3 rings (SSSR count). The molecule has 0 saturated carbocycles. The van der Waals surface area contributed by atoms with Gasteiger partial charge >= 0.3 is 0 Å². The molecule has 140 valence electrons. The summed E-state index contributed by atoms with van der Waals surface area (Å²) in [6, 6.07) is 14.8. The first-order chi connectivity index (χ1) is 13.0. The molecule has 1 heterocycles. The third-order valence-electron chi connectivity index (χ3n) is 4.06. The number of ether oxygens (including phenoxy) is 1. The number of amides is 2. The second kappa shape index (κ2) is 8.54. The van der Waals surface area contributed by atoms with Crippen LogP contribution < -0.4 is 15.0 Å². The number of benzene rings is 2. The summed E-state index contributed by atoms with van der Waals surface area (Å²) >= 11 is 6.56. The monoisotopic (exact) mass is 400 g/mol. The van der Waals surface area contributed by atoms with E-state index >= 15 is 0 Å². The Morgan fingerprint density at radius 1 is 1.19 bits per heavy atom. The maximum absolute atomic E-state index is 12.7. The lowest BCUT2D eigenvalue weighted by atomic mass is 10.2. The lowest BCUT2D eigenvalue weighted by Gasteiger charge is -2.16. The molecule has 1 aliphatic rings. The lowest BCUT2D eigenvalue weighted by Crippen LogP contribution is -2.31. The van der Waals surface area contributed by atoms with Gasteiger partial charge in [-0.1, -0.05) is 41.7 Å². The minimum absolute atomic E-state index is 0.131. The van der Waals surface area contributed by atoms with E-state index < -0.39 is 5.25 Å². The van der Waals surface area contributed by atoms with Gasteiger partial charge in [0.2, 0.25) is 11.8 Å². The summed E-state index contributed by atoms with van der Waals surface area (Å²) in [5.74, 6) is 0.233. The smallest absolute Gasteiger partial charge is 0.247 e. The van der Waals surface area contributed by atoms with Gasteiger partial charge < -0.3 is 10.1 Å². The summed E-state index contributed by atoms with van der Waals surface area (Å²) in [7, 11) is 0. The number of carbonyl (C=O) groups excluding carboxylic acids is 2. The van der Waals surface area contributed by atoms with Crippen molar-refractivity contribution in [3.8, 4) is 5.75 Å². The molecule has 0 aliphatic carbocycles. The molecule has 1 fully saturated rings. The fourth-order valence-electron chi connectivity index (χ4n) is 2.74. The molecule has 0 radical (unpaired) electrons. The van der Waals surface area contributed by atoms with Crippen LogP contribution in [0.1, 0.15) is 18.9 Å². The van der Waals surface area contributed by atoms with Crippen molar-refractivity contribution in [1.29, 1.82) is 0 Å². The Kier molecular flexibility index (Phi) is 6.13. The normalized spacial score (nSPS) is 16.5. The molecular weight excluding hydrogens is 380 g/mol. The van der Waals surface area contributed by atoms with E-state index in [1.807, 2.05) is 38.1 Å². The first kappa shape index (κ1) is 19.4.